The molecular formula is C16H32N2. The minimum Gasteiger partial charge on any atom is -0.311 e. The average Bonchev–Trinajstić information content (AvgIpc) is 3.09. The van der Waals surface area contributed by atoms with Gasteiger partial charge in [-0.2, -0.15) is 0 Å². The van der Waals surface area contributed by atoms with Crippen LogP contribution in [0.25, 0.3) is 0 Å². The first-order valence-corrected chi connectivity index (χ1v) is 7.95. The molecule has 1 aliphatic heterocycles. The molecule has 1 saturated carbocycles. The van der Waals surface area contributed by atoms with E-state index in [0.29, 0.717) is 11.5 Å². The minimum absolute atomic E-state index is 0.687. The van der Waals surface area contributed by atoms with E-state index in [0.717, 1.165) is 17.9 Å². The molecule has 1 heterocycles. The second kappa shape index (κ2) is 5.50. The summed E-state index contributed by atoms with van der Waals surface area (Å²) in [4.78, 5) is 2.81. The molecule has 1 N–H and O–H groups in total. The minimum atomic E-state index is 0.687. The van der Waals surface area contributed by atoms with Gasteiger partial charge >= 0.3 is 0 Å². The summed E-state index contributed by atoms with van der Waals surface area (Å²) in [7, 11) is 0. The van der Waals surface area contributed by atoms with Crippen molar-refractivity contribution in [3.8, 4) is 0 Å². The van der Waals surface area contributed by atoms with Crippen LogP contribution in [0.5, 0.6) is 0 Å². The van der Waals surface area contributed by atoms with Gasteiger partial charge in [0.05, 0.1) is 0 Å². The first kappa shape index (κ1) is 14.3. The third-order valence-electron chi connectivity index (χ3n) is 5.31. The average molecular weight is 252 g/mol. The Kier molecular flexibility index (Phi) is 4.38. The van der Waals surface area contributed by atoms with Crippen LogP contribution < -0.4 is 5.32 Å². The monoisotopic (exact) mass is 252 g/mol. The summed E-state index contributed by atoms with van der Waals surface area (Å²) in [5.74, 6) is 1.51. The van der Waals surface area contributed by atoms with E-state index in [9.17, 15) is 0 Å². The van der Waals surface area contributed by atoms with Crippen molar-refractivity contribution in [2.24, 2.45) is 17.3 Å². The quantitative estimate of drug-likeness (QED) is 0.809. The molecule has 0 aromatic heterocycles. The van der Waals surface area contributed by atoms with Gasteiger partial charge in [0, 0.05) is 31.7 Å². The molecule has 0 radical (unpaired) electrons. The van der Waals surface area contributed by atoms with E-state index < -0.39 is 0 Å². The molecule has 1 aliphatic carbocycles. The highest BCUT2D eigenvalue weighted by atomic mass is 15.2. The molecule has 0 aromatic rings. The van der Waals surface area contributed by atoms with E-state index >= 15 is 0 Å². The maximum absolute atomic E-state index is 3.76. The van der Waals surface area contributed by atoms with Crippen LogP contribution in [-0.2, 0) is 0 Å². The fourth-order valence-corrected chi connectivity index (χ4v) is 3.37. The molecule has 2 rings (SSSR count). The molecule has 2 aliphatic rings. The Balaban J connectivity index is 2.00. The molecule has 0 amide bonds. The van der Waals surface area contributed by atoms with Crippen molar-refractivity contribution in [3.05, 3.63) is 0 Å². The maximum atomic E-state index is 3.76. The SMILES string of the molecule is CCC1(CN2CC(C(C)C)NCC2C(C)C)CC1. The molecule has 0 spiro atoms. The first-order valence-electron chi connectivity index (χ1n) is 7.95. The molecule has 2 fully saturated rings. The van der Waals surface area contributed by atoms with Crippen molar-refractivity contribution >= 4 is 0 Å². The normalized spacial score (nSPS) is 32.2. The van der Waals surface area contributed by atoms with E-state index in [-0.39, 0.29) is 0 Å². The van der Waals surface area contributed by atoms with E-state index in [2.05, 4.69) is 44.8 Å². The zero-order chi connectivity index (χ0) is 13.3. The standard InChI is InChI=1S/C16H32N2/c1-6-16(7-8-16)11-18-10-14(12(2)3)17-9-15(18)13(4)5/h12-15,17H,6-11H2,1-5H3. The fourth-order valence-electron chi connectivity index (χ4n) is 3.37. The van der Waals surface area contributed by atoms with Crippen molar-refractivity contribution in [1.82, 2.24) is 10.2 Å². The van der Waals surface area contributed by atoms with E-state index in [1.807, 2.05) is 0 Å². The van der Waals surface area contributed by atoms with Gasteiger partial charge in [-0.05, 0) is 36.5 Å². The van der Waals surface area contributed by atoms with E-state index in [1.165, 1.54) is 38.9 Å². The topological polar surface area (TPSA) is 15.3 Å². The Bertz CT molecular complexity index is 268. The van der Waals surface area contributed by atoms with Gasteiger partial charge in [-0.1, -0.05) is 34.6 Å². The number of rotatable bonds is 5. The van der Waals surface area contributed by atoms with Crippen LogP contribution >= 0.6 is 0 Å². The lowest BCUT2D eigenvalue weighted by Crippen LogP contribution is -2.60. The van der Waals surface area contributed by atoms with Crippen molar-refractivity contribution in [1.29, 1.82) is 0 Å². The molecule has 0 aromatic carbocycles. The Hall–Kier alpha value is -0.0800. The molecule has 2 heteroatoms. The second-order valence-corrected chi connectivity index (χ2v) is 7.35. The summed E-state index contributed by atoms with van der Waals surface area (Å²) in [5.41, 5.74) is 0.687. The summed E-state index contributed by atoms with van der Waals surface area (Å²) < 4.78 is 0. The molecule has 18 heavy (non-hydrogen) atoms. The van der Waals surface area contributed by atoms with Gasteiger partial charge in [0.25, 0.3) is 0 Å². The fraction of sp³-hybridized carbons (Fsp3) is 1.00. The highest BCUT2D eigenvalue weighted by molar-refractivity contribution is 4.98. The van der Waals surface area contributed by atoms with Crippen LogP contribution in [0.3, 0.4) is 0 Å². The van der Waals surface area contributed by atoms with Crippen molar-refractivity contribution in [2.75, 3.05) is 19.6 Å². The van der Waals surface area contributed by atoms with Gasteiger partial charge in [-0.3, -0.25) is 4.90 Å². The summed E-state index contributed by atoms with van der Waals surface area (Å²) in [5, 5.41) is 3.76. The van der Waals surface area contributed by atoms with Crippen LogP contribution in [0.4, 0.5) is 0 Å². The third-order valence-corrected chi connectivity index (χ3v) is 5.31. The number of hydrogen-bond donors (Lipinski definition) is 1. The number of nitrogens with zero attached hydrogens (tertiary/aromatic N) is 1. The molecule has 2 unspecified atom stereocenters. The summed E-state index contributed by atoms with van der Waals surface area (Å²) in [6.45, 7) is 15.6. The zero-order valence-corrected chi connectivity index (χ0v) is 13.0. The Morgan fingerprint density at radius 1 is 1.17 bits per heavy atom. The summed E-state index contributed by atoms with van der Waals surface area (Å²) in [6, 6.07) is 1.43. The Morgan fingerprint density at radius 3 is 2.28 bits per heavy atom. The van der Waals surface area contributed by atoms with Gasteiger partial charge in [0.1, 0.15) is 0 Å². The zero-order valence-electron chi connectivity index (χ0n) is 13.0. The molecule has 1 saturated heterocycles. The van der Waals surface area contributed by atoms with Crippen LogP contribution in [0.15, 0.2) is 0 Å². The van der Waals surface area contributed by atoms with Crippen LogP contribution in [0, 0.1) is 17.3 Å². The predicted octanol–water partition coefficient (Wildman–Crippen LogP) is 3.13. The molecular weight excluding hydrogens is 220 g/mol. The van der Waals surface area contributed by atoms with Crippen LogP contribution in [-0.4, -0.2) is 36.6 Å². The molecule has 0 bridgehead atoms. The lowest BCUT2D eigenvalue weighted by molar-refractivity contribution is 0.0645. The predicted molar refractivity (Wildman–Crippen MR) is 78.8 cm³/mol. The first-order chi connectivity index (χ1) is 8.47. The van der Waals surface area contributed by atoms with E-state index in [4.69, 9.17) is 0 Å². The second-order valence-electron chi connectivity index (χ2n) is 7.35. The number of nitrogens with one attached hydrogen (secondary N) is 1. The van der Waals surface area contributed by atoms with Gasteiger partial charge in [0.2, 0.25) is 0 Å². The third kappa shape index (κ3) is 3.08. The summed E-state index contributed by atoms with van der Waals surface area (Å²) >= 11 is 0. The lowest BCUT2D eigenvalue weighted by Gasteiger charge is -2.45. The Labute approximate surface area is 114 Å². The molecule has 106 valence electrons. The van der Waals surface area contributed by atoms with Gasteiger partial charge in [0.15, 0.2) is 0 Å². The lowest BCUT2D eigenvalue weighted by atomic mass is 9.92. The van der Waals surface area contributed by atoms with Crippen molar-refractivity contribution < 1.29 is 0 Å². The highest BCUT2D eigenvalue weighted by Crippen LogP contribution is 2.49. The maximum Gasteiger partial charge on any atom is 0.0244 e. The highest BCUT2D eigenvalue weighted by Gasteiger charge is 2.44. The number of piperazine rings is 1. The Morgan fingerprint density at radius 2 is 1.83 bits per heavy atom. The van der Waals surface area contributed by atoms with Gasteiger partial charge < -0.3 is 5.32 Å². The van der Waals surface area contributed by atoms with Crippen molar-refractivity contribution in [2.45, 2.75) is 66.0 Å². The van der Waals surface area contributed by atoms with Gasteiger partial charge in [-0.15, -0.1) is 0 Å². The van der Waals surface area contributed by atoms with E-state index in [1.54, 1.807) is 0 Å². The largest absolute Gasteiger partial charge is 0.311 e. The van der Waals surface area contributed by atoms with Crippen molar-refractivity contribution in [3.63, 3.8) is 0 Å². The smallest absolute Gasteiger partial charge is 0.0244 e. The van der Waals surface area contributed by atoms with Gasteiger partial charge in [-0.25, -0.2) is 0 Å². The number of hydrogen-bond acceptors (Lipinski definition) is 2. The van der Waals surface area contributed by atoms with Crippen LogP contribution in [0.1, 0.15) is 53.9 Å². The van der Waals surface area contributed by atoms with Crippen LogP contribution in [0.2, 0.25) is 0 Å². The summed E-state index contributed by atoms with van der Waals surface area (Å²) in [6.07, 6.45) is 4.29. The molecule has 2 atom stereocenters. The molecule has 2 nitrogen and oxygen atoms in total.